The number of benzene rings is 2. The van der Waals surface area contributed by atoms with Crippen LogP contribution in [0.3, 0.4) is 0 Å². The average Bonchev–Trinajstić information content (AvgIpc) is 3.38. The average molecular weight is 433 g/mol. The highest BCUT2D eigenvalue weighted by molar-refractivity contribution is 5.96. The van der Waals surface area contributed by atoms with Crippen molar-refractivity contribution < 1.29 is 0 Å². The predicted octanol–water partition coefficient (Wildman–Crippen LogP) is 7.58. The SMILES string of the molecule is C1=CC2=C(CC1)C(C1CCC1)Cc1c2ccc2cc(-c3ccc(N4CCCC4)nc3)ccc12. The van der Waals surface area contributed by atoms with Crippen molar-refractivity contribution in [1.29, 1.82) is 0 Å². The number of allylic oxidation sites excluding steroid dienone is 4. The van der Waals surface area contributed by atoms with Gasteiger partial charge in [-0.1, -0.05) is 48.4 Å². The van der Waals surface area contributed by atoms with E-state index in [1.807, 2.05) is 0 Å². The Morgan fingerprint density at radius 3 is 2.55 bits per heavy atom. The normalized spacial score (nSPS) is 22.4. The maximum atomic E-state index is 4.79. The van der Waals surface area contributed by atoms with Gasteiger partial charge < -0.3 is 4.90 Å². The molecule has 3 aromatic rings. The number of rotatable bonds is 3. The molecular formula is C31H32N2. The van der Waals surface area contributed by atoms with Crippen LogP contribution in [0.2, 0.25) is 0 Å². The standard InChI is InChI=1S/C31H32N2/c1-2-9-27-26(8-1)28-14-11-23-18-22(24-12-15-31(32-20-24)33-16-3-4-17-33)10-13-25(23)30(28)19-29(27)21-6-5-7-21/h1,8,10-15,18,20-21,29H,2-7,9,16-17,19H2. The Balaban J connectivity index is 1.27. The highest BCUT2D eigenvalue weighted by atomic mass is 15.2. The van der Waals surface area contributed by atoms with Crippen molar-refractivity contribution in [2.45, 2.75) is 51.4 Å². The number of fused-ring (bicyclic) bond motifs is 4. The van der Waals surface area contributed by atoms with Gasteiger partial charge in [-0.15, -0.1) is 0 Å². The number of hydrogen-bond acceptors (Lipinski definition) is 2. The van der Waals surface area contributed by atoms with Crippen LogP contribution in [0, 0.1) is 11.8 Å². The third-order valence-electron chi connectivity index (χ3n) is 8.73. The molecule has 1 saturated heterocycles. The maximum Gasteiger partial charge on any atom is 0.128 e. The van der Waals surface area contributed by atoms with Crippen LogP contribution >= 0.6 is 0 Å². The number of nitrogens with zero attached hydrogens (tertiary/aromatic N) is 2. The topological polar surface area (TPSA) is 16.1 Å². The van der Waals surface area contributed by atoms with E-state index in [9.17, 15) is 0 Å². The lowest BCUT2D eigenvalue weighted by atomic mass is 9.64. The molecule has 4 aliphatic rings. The first-order valence-corrected chi connectivity index (χ1v) is 13.0. The molecule has 1 atom stereocenters. The Morgan fingerprint density at radius 2 is 1.76 bits per heavy atom. The molecule has 3 aliphatic carbocycles. The van der Waals surface area contributed by atoms with Gasteiger partial charge >= 0.3 is 0 Å². The molecule has 2 fully saturated rings. The first kappa shape index (κ1) is 19.6. The molecule has 2 heterocycles. The zero-order valence-electron chi connectivity index (χ0n) is 19.4. The molecule has 0 bridgehead atoms. The molecule has 0 spiro atoms. The minimum atomic E-state index is 0.763. The quantitative estimate of drug-likeness (QED) is 0.424. The van der Waals surface area contributed by atoms with Gasteiger partial charge in [0.2, 0.25) is 0 Å². The second-order valence-corrected chi connectivity index (χ2v) is 10.5. The van der Waals surface area contributed by atoms with Gasteiger partial charge in [0.1, 0.15) is 5.82 Å². The van der Waals surface area contributed by atoms with Gasteiger partial charge in [0.15, 0.2) is 0 Å². The predicted molar refractivity (Wildman–Crippen MR) is 138 cm³/mol. The van der Waals surface area contributed by atoms with Gasteiger partial charge in [-0.25, -0.2) is 4.98 Å². The molecule has 0 radical (unpaired) electrons. The first-order chi connectivity index (χ1) is 16.3. The Bertz CT molecular complexity index is 1270. The molecule has 1 aromatic heterocycles. The fourth-order valence-electron chi connectivity index (χ4n) is 6.70. The van der Waals surface area contributed by atoms with E-state index < -0.39 is 0 Å². The van der Waals surface area contributed by atoms with Crippen molar-refractivity contribution >= 4 is 22.2 Å². The van der Waals surface area contributed by atoms with Gasteiger partial charge in [-0.2, -0.15) is 0 Å². The van der Waals surface area contributed by atoms with Gasteiger partial charge in [-0.3, -0.25) is 0 Å². The van der Waals surface area contributed by atoms with Crippen LogP contribution in [0.15, 0.2) is 66.4 Å². The molecule has 1 unspecified atom stereocenters. The summed E-state index contributed by atoms with van der Waals surface area (Å²) in [6, 6.07) is 16.3. The van der Waals surface area contributed by atoms with Crippen molar-refractivity contribution in [2.75, 3.05) is 18.0 Å². The molecule has 2 aromatic carbocycles. The van der Waals surface area contributed by atoms with E-state index in [-0.39, 0.29) is 0 Å². The number of aromatic nitrogens is 1. The second kappa shape index (κ2) is 7.87. The van der Waals surface area contributed by atoms with Crippen molar-refractivity contribution in [2.24, 2.45) is 11.8 Å². The minimum absolute atomic E-state index is 0.763. The molecular weight excluding hydrogens is 400 g/mol. The van der Waals surface area contributed by atoms with Crippen molar-refractivity contribution in [3.63, 3.8) is 0 Å². The van der Waals surface area contributed by atoms with Gasteiger partial charge in [0.05, 0.1) is 0 Å². The van der Waals surface area contributed by atoms with Crippen molar-refractivity contribution in [1.82, 2.24) is 4.98 Å². The first-order valence-electron chi connectivity index (χ1n) is 13.0. The smallest absolute Gasteiger partial charge is 0.128 e. The zero-order chi connectivity index (χ0) is 21.8. The molecule has 0 amide bonds. The van der Waals surface area contributed by atoms with E-state index in [0.29, 0.717) is 0 Å². The van der Waals surface area contributed by atoms with E-state index in [4.69, 9.17) is 4.98 Å². The Hall–Kier alpha value is -2.87. The Labute approximate surface area is 197 Å². The maximum absolute atomic E-state index is 4.79. The molecule has 7 rings (SSSR count). The molecule has 1 saturated carbocycles. The molecule has 2 heteroatoms. The molecule has 0 N–H and O–H groups in total. The summed E-state index contributed by atoms with van der Waals surface area (Å²) in [5, 5.41) is 2.82. The summed E-state index contributed by atoms with van der Waals surface area (Å²) in [5.41, 5.74) is 8.87. The fourth-order valence-corrected chi connectivity index (χ4v) is 6.70. The molecule has 166 valence electrons. The second-order valence-electron chi connectivity index (χ2n) is 10.5. The molecule has 1 aliphatic heterocycles. The van der Waals surface area contributed by atoms with Gasteiger partial charge in [0, 0.05) is 24.8 Å². The van der Waals surface area contributed by atoms with E-state index in [1.165, 1.54) is 78.8 Å². The van der Waals surface area contributed by atoms with Crippen LogP contribution in [0.5, 0.6) is 0 Å². The van der Waals surface area contributed by atoms with Gasteiger partial charge in [0.25, 0.3) is 0 Å². The third-order valence-corrected chi connectivity index (χ3v) is 8.73. The Kier molecular flexibility index (Phi) is 4.67. The monoisotopic (exact) mass is 432 g/mol. The Morgan fingerprint density at radius 1 is 0.879 bits per heavy atom. The van der Waals surface area contributed by atoms with Gasteiger partial charge in [-0.05, 0) is 108 Å². The molecule has 2 nitrogen and oxygen atoms in total. The van der Waals surface area contributed by atoms with E-state index in [1.54, 1.807) is 16.7 Å². The number of hydrogen-bond donors (Lipinski definition) is 0. The van der Waals surface area contributed by atoms with Crippen LogP contribution in [-0.4, -0.2) is 18.1 Å². The van der Waals surface area contributed by atoms with Crippen LogP contribution in [0.1, 0.15) is 56.1 Å². The van der Waals surface area contributed by atoms with Crippen LogP contribution in [0.25, 0.3) is 27.5 Å². The minimum Gasteiger partial charge on any atom is -0.357 e. The summed E-state index contributed by atoms with van der Waals surface area (Å²) < 4.78 is 0. The van der Waals surface area contributed by atoms with Crippen molar-refractivity contribution in [3.05, 3.63) is 77.5 Å². The van der Waals surface area contributed by atoms with Crippen molar-refractivity contribution in [3.8, 4) is 11.1 Å². The highest BCUT2D eigenvalue weighted by Gasteiger charge is 2.35. The zero-order valence-corrected chi connectivity index (χ0v) is 19.4. The van der Waals surface area contributed by atoms with E-state index in [0.717, 1.165) is 30.7 Å². The van der Waals surface area contributed by atoms with Crippen LogP contribution < -0.4 is 4.90 Å². The number of pyridine rings is 1. The summed E-state index contributed by atoms with van der Waals surface area (Å²) >= 11 is 0. The third kappa shape index (κ3) is 3.26. The highest BCUT2D eigenvalue weighted by Crippen LogP contribution is 2.49. The molecule has 33 heavy (non-hydrogen) atoms. The summed E-state index contributed by atoms with van der Waals surface area (Å²) in [5.74, 6) is 2.79. The lowest BCUT2D eigenvalue weighted by Gasteiger charge is -2.40. The fraction of sp³-hybridized carbons (Fsp3) is 0.387. The van der Waals surface area contributed by atoms with Crippen LogP contribution in [0.4, 0.5) is 5.82 Å². The summed E-state index contributed by atoms with van der Waals surface area (Å²) in [6.45, 7) is 2.28. The summed E-state index contributed by atoms with van der Waals surface area (Å²) in [4.78, 5) is 7.19. The summed E-state index contributed by atoms with van der Waals surface area (Å²) in [7, 11) is 0. The lowest BCUT2D eigenvalue weighted by Crippen LogP contribution is -2.29. The van der Waals surface area contributed by atoms with E-state index >= 15 is 0 Å². The largest absolute Gasteiger partial charge is 0.357 e. The van der Waals surface area contributed by atoms with Crippen LogP contribution in [-0.2, 0) is 6.42 Å². The van der Waals surface area contributed by atoms with E-state index in [2.05, 4.69) is 65.7 Å². The number of anilines is 1. The lowest BCUT2D eigenvalue weighted by molar-refractivity contribution is 0.227. The summed E-state index contributed by atoms with van der Waals surface area (Å²) in [6.07, 6.45) is 17.4.